The number of ether oxygens (including phenoxy) is 1. The average molecular weight is 405 g/mol. The minimum absolute atomic E-state index is 0.208. The highest BCUT2D eigenvalue weighted by molar-refractivity contribution is 7.99. The lowest BCUT2D eigenvalue weighted by Gasteiger charge is -2.16. The lowest BCUT2D eigenvalue weighted by molar-refractivity contribution is 0.125. The molecule has 0 unspecified atom stereocenters. The Labute approximate surface area is 167 Å². The number of tetrazole rings is 1. The Hall–Kier alpha value is -2.09. The summed E-state index contributed by atoms with van der Waals surface area (Å²) >= 11 is 7.29. The first-order valence-corrected chi connectivity index (χ1v) is 9.98. The summed E-state index contributed by atoms with van der Waals surface area (Å²) in [6.45, 7) is 4.44. The van der Waals surface area contributed by atoms with Crippen molar-refractivity contribution in [1.29, 1.82) is 0 Å². The van der Waals surface area contributed by atoms with Crippen molar-refractivity contribution < 1.29 is 9.84 Å². The summed E-state index contributed by atoms with van der Waals surface area (Å²) in [4.78, 5) is 0. The van der Waals surface area contributed by atoms with Crippen molar-refractivity contribution in [2.24, 2.45) is 0 Å². The van der Waals surface area contributed by atoms with Crippen LogP contribution in [0.1, 0.15) is 25.3 Å². The molecule has 142 valence electrons. The summed E-state index contributed by atoms with van der Waals surface area (Å²) in [5.41, 5.74) is 1.94. The van der Waals surface area contributed by atoms with Gasteiger partial charge in [0.2, 0.25) is 5.16 Å². The van der Waals surface area contributed by atoms with Crippen molar-refractivity contribution in [2.45, 2.75) is 31.0 Å². The van der Waals surface area contributed by atoms with Gasteiger partial charge in [-0.05, 0) is 52.2 Å². The molecule has 0 amide bonds. The average Bonchev–Trinajstić information content (AvgIpc) is 3.14. The van der Waals surface area contributed by atoms with E-state index >= 15 is 0 Å². The molecule has 27 heavy (non-hydrogen) atoms. The first-order valence-electron chi connectivity index (χ1n) is 8.61. The van der Waals surface area contributed by atoms with E-state index in [0.29, 0.717) is 21.8 Å². The molecular weight excluding hydrogens is 384 g/mol. The third-order valence-electron chi connectivity index (χ3n) is 3.89. The molecule has 0 aliphatic heterocycles. The molecule has 0 saturated carbocycles. The van der Waals surface area contributed by atoms with Gasteiger partial charge in [0.15, 0.2) is 0 Å². The van der Waals surface area contributed by atoms with Crippen molar-refractivity contribution in [1.82, 2.24) is 20.2 Å². The van der Waals surface area contributed by atoms with Gasteiger partial charge in [-0.25, -0.2) is 0 Å². The first-order chi connectivity index (χ1) is 13.0. The van der Waals surface area contributed by atoms with Gasteiger partial charge in [0.25, 0.3) is 0 Å². The van der Waals surface area contributed by atoms with E-state index in [4.69, 9.17) is 16.3 Å². The summed E-state index contributed by atoms with van der Waals surface area (Å²) in [7, 11) is 0. The maximum Gasteiger partial charge on any atom is 0.214 e. The van der Waals surface area contributed by atoms with Crippen LogP contribution in [-0.2, 0) is 0 Å². The quantitative estimate of drug-likeness (QED) is 0.572. The second-order valence-electron chi connectivity index (χ2n) is 6.32. The molecule has 8 heteroatoms. The van der Waals surface area contributed by atoms with Crippen LogP contribution in [0.2, 0.25) is 5.02 Å². The highest BCUT2D eigenvalue weighted by atomic mass is 35.5. The van der Waals surface area contributed by atoms with E-state index in [-0.39, 0.29) is 6.61 Å². The zero-order chi connectivity index (χ0) is 19.2. The number of hydrogen-bond acceptors (Lipinski definition) is 6. The number of para-hydroxylation sites is 1. The minimum Gasteiger partial charge on any atom is -0.491 e. The zero-order valence-electron chi connectivity index (χ0n) is 15.1. The van der Waals surface area contributed by atoms with E-state index in [1.165, 1.54) is 11.8 Å². The predicted molar refractivity (Wildman–Crippen MR) is 107 cm³/mol. The van der Waals surface area contributed by atoms with E-state index in [9.17, 15) is 5.11 Å². The van der Waals surface area contributed by atoms with Crippen LogP contribution in [0.3, 0.4) is 0 Å². The molecule has 3 rings (SSSR count). The Balaban J connectivity index is 1.57. The maximum absolute atomic E-state index is 10.3. The van der Waals surface area contributed by atoms with Crippen molar-refractivity contribution in [3.05, 3.63) is 59.1 Å². The number of hydrogen-bond donors (Lipinski definition) is 1. The normalized spacial score (nSPS) is 12.3. The topological polar surface area (TPSA) is 73.1 Å². The third kappa shape index (κ3) is 5.22. The van der Waals surface area contributed by atoms with Crippen LogP contribution in [0.4, 0.5) is 0 Å². The molecule has 0 saturated heterocycles. The van der Waals surface area contributed by atoms with E-state index < -0.39 is 6.10 Å². The fourth-order valence-corrected chi connectivity index (χ4v) is 3.43. The fraction of sp³-hybridized carbons (Fsp3) is 0.316. The Morgan fingerprint density at radius 3 is 2.63 bits per heavy atom. The molecule has 0 aliphatic rings. The number of aromatic nitrogens is 4. The molecule has 0 aliphatic carbocycles. The van der Waals surface area contributed by atoms with Gasteiger partial charge in [-0.2, -0.15) is 4.68 Å². The summed E-state index contributed by atoms with van der Waals surface area (Å²) in [5.74, 6) is 1.58. The number of rotatable bonds is 8. The Bertz CT molecular complexity index is 870. The number of nitrogens with zero attached hydrogens (tertiary/aromatic N) is 4. The summed E-state index contributed by atoms with van der Waals surface area (Å²) in [5, 5.41) is 23.3. The van der Waals surface area contributed by atoms with Crippen molar-refractivity contribution in [3.63, 3.8) is 0 Å². The SMILES string of the molecule is CC(C)c1ccccc1OC[C@H](O)CSc1nnnn1-c1ccc(Cl)cc1. The van der Waals surface area contributed by atoms with Gasteiger partial charge >= 0.3 is 0 Å². The third-order valence-corrected chi connectivity index (χ3v) is 5.21. The number of aliphatic hydroxyl groups is 1. The van der Waals surface area contributed by atoms with Crippen molar-refractivity contribution in [3.8, 4) is 11.4 Å². The molecular formula is C19H21ClN4O2S. The lowest BCUT2D eigenvalue weighted by Crippen LogP contribution is -2.21. The highest BCUT2D eigenvalue weighted by Gasteiger charge is 2.14. The molecule has 0 bridgehead atoms. The van der Waals surface area contributed by atoms with Gasteiger partial charge < -0.3 is 9.84 Å². The Morgan fingerprint density at radius 1 is 1.15 bits per heavy atom. The Kier molecular flexibility index (Phi) is 6.71. The zero-order valence-corrected chi connectivity index (χ0v) is 16.7. The van der Waals surface area contributed by atoms with Gasteiger partial charge in [0.05, 0.1) is 11.8 Å². The molecule has 1 atom stereocenters. The maximum atomic E-state index is 10.3. The number of aliphatic hydroxyl groups excluding tert-OH is 1. The molecule has 3 aromatic rings. The van der Waals surface area contributed by atoms with E-state index in [1.54, 1.807) is 16.8 Å². The summed E-state index contributed by atoms with van der Waals surface area (Å²) in [6.07, 6.45) is -0.648. The van der Waals surface area contributed by atoms with Crippen LogP contribution in [0, 0.1) is 0 Å². The van der Waals surface area contributed by atoms with Gasteiger partial charge in [-0.3, -0.25) is 0 Å². The fourth-order valence-electron chi connectivity index (χ4n) is 2.51. The van der Waals surface area contributed by atoms with Crippen LogP contribution >= 0.6 is 23.4 Å². The monoisotopic (exact) mass is 404 g/mol. The van der Waals surface area contributed by atoms with Crippen LogP contribution in [-0.4, -0.2) is 43.8 Å². The van der Waals surface area contributed by atoms with Crippen LogP contribution in [0.25, 0.3) is 5.69 Å². The second-order valence-corrected chi connectivity index (χ2v) is 7.74. The van der Waals surface area contributed by atoms with Crippen LogP contribution in [0.5, 0.6) is 5.75 Å². The standard InChI is InChI=1S/C19H21ClN4O2S/c1-13(2)17-5-3-4-6-18(17)26-11-16(25)12-27-19-21-22-23-24(19)15-9-7-14(20)8-10-15/h3-10,13,16,25H,11-12H2,1-2H3/t16-/m0/s1. The molecule has 0 radical (unpaired) electrons. The lowest BCUT2D eigenvalue weighted by atomic mass is 10.0. The molecule has 1 aromatic heterocycles. The number of halogens is 1. The van der Waals surface area contributed by atoms with Crippen molar-refractivity contribution >= 4 is 23.4 Å². The smallest absolute Gasteiger partial charge is 0.214 e. The summed E-state index contributed by atoms with van der Waals surface area (Å²) in [6, 6.07) is 15.1. The van der Waals surface area contributed by atoms with Gasteiger partial charge in [-0.15, -0.1) is 5.10 Å². The van der Waals surface area contributed by atoms with Gasteiger partial charge in [-0.1, -0.05) is 55.4 Å². The summed E-state index contributed by atoms with van der Waals surface area (Å²) < 4.78 is 7.44. The largest absolute Gasteiger partial charge is 0.491 e. The van der Waals surface area contributed by atoms with Gasteiger partial charge in [0, 0.05) is 10.8 Å². The van der Waals surface area contributed by atoms with Crippen LogP contribution in [0.15, 0.2) is 53.7 Å². The molecule has 1 N–H and O–H groups in total. The molecule has 0 fully saturated rings. The second kappa shape index (κ2) is 9.21. The number of thioether (sulfide) groups is 1. The van der Waals surface area contributed by atoms with Gasteiger partial charge in [0.1, 0.15) is 12.4 Å². The molecule has 2 aromatic carbocycles. The molecule has 1 heterocycles. The van der Waals surface area contributed by atoms with E-state index in [2.05, 4.69) is 29.4 Å². The number of benzene rings is 2. The minimum atomic E-state index is -0.648. The van der Waals surface area contributed by atoms with Crippen LogP contribution < -0.4 is 4.74 Å². The highest BCUT2D eigenvalue weighted by Crippen LogP contribution is 2.26. The van der Waals surface area contributed by atoms with Crippen molar-refractivity contribution in [2.75, 3.05) is 12.4 Å². The first kappa shape index (κ1) is 19.7. The Morgan fingerprint density at radius 2 is 1.89 bits per heavy atom. The molecule has 6 nitrogen and oxygen atoms in total. The molecule has 0 spiro atoms. The predicted octanol–water partition coefficient (Wildman–Crippen LogP) is 3.97. The van der Waals surface area contributed by atoms with E-state index in [1.807, 2.05) is 36.4 Å². The van der Waals surface area contributed by atoms with E-state index in [0.717, 1.165) is 17.0 Å².